The number of amides is 2. The fourth-order valence-electron chi connectivity index (χ4n) is 5.00. The number of benzene rings is 4. The Morgan fingerprint density at radius 3 is 2.15 bits per heavy atom. The zero-order valence-corrected chi connectivity index (χ0v) is 31.0. The van der Waals surface area contributed by atoms with E-state index in [-0.39, 0.29) is 35.4 Å². The lowest BCUT2D eigenvalue weighted by atomic mass is 10.0. The summed E-state index contributed by atoms with van der Waals surface area (Å²) in [5.74, 6) is -0.401. The van der Waals surface area contributed by atoms with Crippen LogP contribution in [0.2, 0.25) is 10.0 Å². The van der Waals surface area contributed by atoms with Crippen molar-refractivity contribution in [3.05, 3.63) is 122 Å². The van der Waals surface area contributed by atoms with Crippen LogP contribution < -0.4 is 14.4 Å². The van der Waals surface area contributed by atoms with Gasteiger partial charge < -0.3 is 15.0 Å². The van der Waals surface area contributed by atoms with Crippen LogP contribution >= 0.6 is 39.1 Å². The standard InChI is InChI=1S/C36H38BrCl2N3O5S/c1-24(2)21-40-36(44)33(19-26-9-6-5-7-10-26)41(22-29-31(38)11-8-12-32(29)39)35(43)23-42(27-15-13-25(3)14-16-27)48(45,46)28-17-18-34(47-4)30(37)20-28/h5-18,20,24,33H,19,21-23H2,1-4H3,(H,40,44)/t33-/m0/s1. The van der Waals surface area contributed by atoms with Crippen LogP contribution in [-0.4, -0.2) is 51.4 Å². The van der Waals surface area contributed by atoms with Crippen LogP contribution in [0.15, 0.2) is 100 Å². The molecule has 0 saturated carbocycles. The van der Waals surface area contributed by atoms with Crippen LogP contribution in [0, 0.1) is 12.8 Å². The van der Waals surface area contributed by atoms with Crippen LogP contribution in [-0.2, 0) is 32.6 Å². The molecule has 1 N–H and O–H groups in total. The van der Waals surface area contributed by atoms with Crippen molar-refractivity contribution < 1.29 is 22.7 Å². The van der Waals surface area contributed by atoms with Crippen LogP contribution in [0.3, 0.4) is 0 Å². The van der Waals surface area contributed by atoms with Crippen LogP contribution in [0.25, 0.3) is 0 Å². The van der Waals surface area contributed by atoms with E-state index in [1.807, 2.05) is 51.1 Å². The van der Waals surface area contributed by atoms with Gasteiger partial charge in [-0.05, 0) is 76.8 Å². The SMILES string of the molecule is COc1ccc(S(=O)(=O)N(CC(=O)N(Cc2c(Cl)cccc2Cl)[C@@H](Cc2ccccc2)C(=O)NCC(C)C)c2ccc(C)cc2)cc1Br. The highest BCUT2D eigenvalue weighted by Gasteiger charge is 2.35. The van der Waals surface area contributed by atoms with Crippen molar-refractivity contribution in [1.82, 2.24) is 10.2 Å². The van der Waals surface area contributed by atoms with E-state index in [4.69, 9.17) is 27.9 Å². The lowest BCUT2D eigenvalue weighted by molar-refractivity contribution is -0.140. The van der Waals surface area contributed by atoms with E-state index in [1.54, 1.807) is 42.5 Å². The van der Waals surface area contributed by atoms with E-state index >= 15 is 0 Å². The fourth-order valence-corrected chi connectivity index (χ4v) is 7.65. The molecule has 254 valence electrons. The van der Waals surface area contributed by atoms with Gasteiger partial charge in [-0.2, -0.15) is 0 Å². The summed E-state index contributed by atoms with van der Waals surface area (Å²) in [6, 6.07) is 24.5. The number of nitrogens with one attached hydrogen (secondary N) is 1. The van der Waals surface area contributed by atoms with Gasteiger partial charge in [0.1, 0.15) is 18.3 Å². The Morgan fingerprint density at radius 2 is 1.56 bits per heavy atom. The molecule has 4 rings (SSSR count). The number of rotatable bonds is 14. The molecular formula is C36H38BrCl2N3O5S. The van der Waals surface area contributed by atoms with Gasteiger partial charge in [0.2, 0.25) is 11.8 Å². The molecule has 0 aromatic heterocycles. The Labute approximate surface area is 301 Å². The Bertz CT molecular complexity index is 1820. The third-order valence-corrected chi connectivity index (χ3v) is 10.8. The Balaban J connectivity index is 1.84. The molecule has 4 aromatic rings. The third-order valence-electron chi connectivity index (χ3n) is 7.66. The maximum Gasteiger partial charge on any atom is 0.264 e. The van der Waals surface area contributed by atoms with Gasteiger partial charge in [0.05, 0.1) is 22.2 Å². The molecule has 0 heterocycles. The van der Waals surface area contributed by atoms with Crippen molar-refractivity contribution >= 4 is 66.7 Å². The molecule has 48 heavy (non-hydrogen) atoms. The van der Waals surface area contributed by atoms with Gasteiger partial charge in [-0.1, -0.05) is 91.1 Å². The van der Waals surface area contributed by atoms with Crippen LogP contribution in [0.4, 0.5) is 5.69 Å². The predicted molar refractivity (Wildman–Crippen MR) is 195 cm³/mol. The van der Waals surface area contributed by atoms with Crippen molar-refractivity contribution in [3.63, 3.8) is 0 Å². The zero-order chi connectivity index (χ0) is 35.0. The normalized spacial score (nSPS) is 12.0. The van der Waals surface area contributed by atoms with Gasteiger partial charge in [0.15, 0.2) is 0 Å². The first-order chi connectivity index (χ1) is 22.8. The van der Waals surface area contributed by atoms with Gasteiger partial charge in [-0.15, -0.1) is 0 Å². The molecule has 0 aliphatic rings. The summed E-state index contributed by atoms with van der Waals surface area (Å²) in [5.41, 5.74) is 2.44. The van der Waals surface area contributed by atoms with Crippen LogP contribution in [0.1, 0.15) is 30.5 Å². The number of nitrogens with zero attached hydrogens (tertiary/aromatic N) is 2. The minimum atomic E-state index is -4.31. The van der Waals surface area contributed by atoms with Gasteiger partial charge >= 0.3 is 0 Å². The first kappa shape index (κ1) is 37.3. The molecule has 0 unspecified atom stereocenters. The molecule has 0 aliphatic carbocycles. The van der Waals surface area contributed by atoms with E-state index in [9.17, 15) is 18.0 Å². The summed E-state index contributed by atoms with van der Waals surface area (Å²) >= 11 is 16.6. The second kappa shape index (κ2) is 16.7. The van der Waals surface area contributed by atoms with Crippen molar-refractivity contribution in [2.24, 2.45) is 5.92 Å². The first-order valence-electron chi connectivity index (χ1n) is 15.3. The highest BCUT2D eigenvalue weighted by Crippen LogP contribution is 2.32. The van der Waals surface area contributed by atoms with Gasteiger partial charge in [0.25, 0.3) is 10.0 Å². The van der Waals surface area contributed by atoms with Crippen LogP contribution in [0.5, 0.6) is 5.75 Å². The highest BCUT2D eigenvalue weighted by atomic mass is 79.9. The summed E-state index contributed by atoms with van der Waals surface area (Å²) in [6.45, 7) is 5.46. The number of carbonyl (C=O) groups excluding carboxylic acids is 2. The quantitative estimate of drug-likeness (QED) is 0.142. The largest absolute Gasteiger partial charge is 0.496 e. The van der Waals surface area contributed by atoms with E-state index < -0.39 is 28.5 Å². The summed E-state index contributed by atoms with van der Waals surface area (Å²) in [7, 11) is -2.83. The smallest absolute Gasteiger partial charge is 0.264 e. The second-order valence-electron chi connectivity index (χ2n) is 11.7. The number of hydrogen-bond acceptors (Lipinski definition) is 5. The average Bonchev–Trinajstić information content (AvgIpc) is 3.06. The van der Waals surface area contributed by atoms with E-state index in [0.717, 1.165) is 15.4 Å². The molecule has 0 saturated heterocycles. The maximum absolute atomic E-state index is 14.7. The number of halogens is 3. The molecule has 0 spiro atoms. The molecule has 0 bridgehead atoms. The average molecular weight is 776 g/mol. The van der Waals surface area contributed by atoms with Crippen molar-refractivity contribution in [2.75, 3.05) is 24.5 Å². The number of sulfonamides is 1. The fraction of sp³-hybridized carbons (Fsp3) is 0.278. The number of aryl methyl sites for hydroxylation is 1. The molecule has 0 fully saturated rings. The number of hydrogen-bond donors (Lipinski definition) is 1. The molecule has 4 aromatic carbocycles. The molecule has 8 nitrogen and oxygen atoms in total. The monoisotopic (exact) mass is 773 g/mol. The van der Waals surface area contributed by atoms with E-state index in [1.165, 1.54) is 30.2 Å². The molecule has 0 radical (unpaired) electrons. The minimum absolute atomic E-state index is 0.0558. The van der Waals surface area contributed by atoms with Gasteiger partial charge in [-0.25, -0.2) is 8.42 Å². The summed E-state index contributed by atoms with van der Waals surface area (Å²) in [4.78, 5) is 29.9. The summed E-state index contributed by atoms with van der Waals surface area (Å²) in [5, 5.41) is 3.59. The van der Waals surface area contributed by atoms with Crippen molar-refractivity contribution in [2.45, 2.75) is 44.7 Å². The summed E-state index contributed by atoms with van der Waals surface area (Å²) in [6.07, 6.45) is 0.168. The van der Waals surface area contributed by atoms with Gasteiger partial charge in [0, 0.05) is 35.1 Å². The maximum atomic E-state index is 14.7. The highest BCUT2D eigenvalue weighted by molar-refractivity contribution is 9.10. The van der Waals surface area contributed by atoms with E-state index in [0.29, 0.717) is 32.4 Å². The topological polar surface area (TPSA) is 96.0 Å². The first-order valence-corrected chi connectivity index (χ1v) is 18.3. The molecule has 1 atom stereocenters. The Kier molecular flexibility index (Phi) is 13.0. The Hall–Kier alpha value is -3.57. The molecule has 2 amide bonds. The number of anilines is 1. The summed E-state index contributed by atoms with van der Waals surface area (Å²) < 4.78 is 35.5. The molecule has 12 heteroatoms. The number of methoxy groups -OCH3 is 1. The second-order valence-corrected chi connectivity index (χ2v) is 15.2. The molecule has 0 aliphatic heterocycles. The van der Waals surface area contributed by atoms with Crippen molar-refractivity contribution in [1.29, 1.82) is 0 Å². The zero-order valence-electron chi connectivity index (χ0n) is 27.1. The molecular weight excluding hydrogens is 737 g/mol. The Morgan fingerprint density at radius 1 is 0.917 bits per heavy atom. The van der Waals surface area contributed by atoms with Gasteiger partial charge in [-0.3, -0.25) is 13.9 Å². The lowest BCUT2D eigenvalue weighted by Gasteiger charge is -2.34. The minimum Gasteiger partial charge on any atom is -0.496 e. The van der Waals surface area contributed by atoms with Crippen molar-refractivity contribution in [3.8, 4) is 5.75 Å². The number of ether oxygens (including phenoxy) is 1. The number of carbonyl (C=O) groups is 2. The van der Waals surface area contributed by atoms with E-state index in [2.05, 4.69) is 21.2 Å². The third kappa shape index (κ3) is 9.31. The predicted octanol–water partition coefficient (Wildman–Crippen LogP) is 7.68. The lowest BCUT2D eigenvalue weighted by Crippen LogP contribution is -2.53.